The molecule has 2 N–H and O–H groups in total. The van der Waals surface area contributed by atoms with E-state index >= 15 is 0 Å². The van der Waals surface area contributed by atoms with Crippen molar-refractivity contribution in [1.82, 2.24) is 10.6 Å². The van der Waals surface area contributed by atoms with Gasteiger partial charge in [-0.15, -0.1) is 0 Å². The molecule has 2 atom stereocenters. The second kappa shape index (κ2) is 5.48. The Labute approximate surface area is 107 Å². The number of nitrogens with one attached hydrogen (secondary N) is 2. The monoisotopic (exact) mass is 258 g/mol. The smallest absolute Gasteiger partial charge is 0.315 e. The molecule has 1 aliphatic carbocycles. The molecule has 0 radical (unpaired) electrons. The number of rotatable bonds is 4. The predicted octanol–water partition coefficient (Wildman–Crippen LogP) is 1.61. The number of hydrogen-bond donors (Lipinski definition) is 2. The zero-order valence-corrected chi connectivity index (χ0v) is 11.4. The number of hydrogen-bond acceptors (Lipinski definition) is 3. The third kappa shape index (κ3) is 3.52. The lowest BCUT2D eigenvalue weighted by molar-refractivity contribution is 0.0777. The zero-order valence-electron chi connectivity index (χ0n) is 10.6. The van der Waals surface area contributed by atoms with E-state index in [0.717, 1.165) is 39.0 Å². The summed E-state index contributed by atoms with van der Waals surface area (Å²) in [6, 6.07) is 0.384. The first kappa shape index (κ1) is 13.0. The number of urea groups is 1. The third-order valence-corrected chi connectivity index (χ3v) is 5.25. The summed E-state index contributed by atoms with van der Waals surface area (Å²) >= 11 is 1.85. The molecular weight excluding hydrogens is 236 g/mol. The second-order valence-corrected chi connectivity index (χ2v) is 6.42. The van der Waals surface area contributed by atoms with Crippen molar-refractivity contribution >= 4 is 17.8 Å². The van der Waals surface area contributed by atoms with Crippen LogP contribution in [0.3, 0.4) is 0 Å². The van der Waals surface area contributed by atoms with E-state index < -0.39 is 0 Å². The van der Waals surface area contributed by atoms with Gasteiger partial charge in [-0.3, -0.25) is 0 Å². The van der Waals surface area contributed by atoms with Gasteiger partial charge < -0.3 is 15.4 Å². The molecule has 0 unspecified atom stereocenters. The molecule has 0 aromatic heterocycles. The van der Waals surface area contributed by atoms with Crippen molar-refractivity contribution in [3.05, 3.63) is 0 Å². The summed E-state index contributed by atoms with van der Waals surface area (Å²) in [5.74, 6) is 0.651. The van der Waals surface area contributed by atoms with E-state index in [1.807, 2.05) is 11.8 Å². The molecule has 0 aromatic carbocycles. The van der Waals surface area contributed by atoms with Crippen LogP contribution in [-0.4, -0.2) is 42.8 Å². The fourth-order valence-corrected chi connectivity index (χ4v) is 2.97. The molecule has 0 aromatic rings. The summed E-state index contributed by atoms with van der Waals surface area (Å²) in [6.45, 7) is 4.52. The van der Waals surface area contributed by atoms with Crippen LogP contribution in [0.1, 0.15) is 26.2 Å². The Hall–Kier alpha value is -0.420. The Bertz CT molecular complexity index is 280. The third-order valence-electron chi connectivity index (χ3n) is 3.83. The van der Waals surface area contributed by atoms with Crippen LogP contribution in [0.2, 0.25) is 0 Å². The molecule has 0 spiro atoms. The molecule has 2 fully saturated rings. The Morgan fingerprint density at radius 1 is 1.47 bits per heavy atom. The van der Waals surface area contributed by atoms with Crippen LogP contribution < -0.4 is 10.6 Å². The fourth-order valence-electron chi connectivity index (χ4n) is 2.18. The van der Waals surface area contributed by atoms with Gasteiger partial charge in [0.25, 0.3) is 0 Å². The average molecular weight is 258 g/mol. The van der Waals surface area contributed by atoms with Crippen LogP contribution in [0.4, 0.5) is 4.79 Å². The van der Waals surface area contributed by atoms with E-state index in [2.05, 4.69) is 23.8 Å². The lowest BCUT2D eigenvalue weighted by Gasteiger charge is -2.35. The standard InChI is InChI=1S/C12H22N2O2S/c1-9-7-10(9)14-11(15)13-8-12(17-2)3-5-16-6-4-12/h9-10H,3-8H2,1-2H3,(H2,13,14,15)/t9-,10+/m0/s1. The van der Waals surface area contributed by atoms with Gasteiger partial charge in [-0.25, -0.2) is 4.79 Å². The average Bonchev–Trinajstić information content (AvgIpc) is 3.03. The summed E-state index contributed by atoms with van der Waals surface area (Å²) in [4.78, 5) is 11.7. The van der Waals surface area contributed by atoms with E-state index in [4.69, 9.17) is 4.74 Å². The minimum absolute atomic E-state index is 0.0146. The van der Waals surface area contributed by atoms with Gasteiger partial charge in [0.05, 0.1) is 0 Å². The molecule has 0 bridgehead atoms. The first-order valence-electron chi connectivity index (χ1n) is 6.32. The van der Waals surface area contributed by atoms with Gasteiger partial charge in [0.2, 0.25) is 0 Å². The molecule has 98 valence electrons. The minimum Gasteiger partial charge on any atom is -0.381 e. The maximum atomic E-state index is 11.7. The van der Waals surface area contributed by atoms with Crippen LogP contribution >= 0.6 is 11.8 Å². The van der Waals surface area contributed by atoms with E-state index in [9.17, 15) is 4.79 Å². The molecule has 17 heavy (non-hydrogen) atoms. The van der Waals surface area contributed by atoms with Crippen molar-refractivity contribution in [2.75, 3.05) is 26.0 Å². The highest BCUT2D eigenvalue weighted by atomic mass is 32.2. The van der Waals surface area contributed by atoms with Gasteiger partial charge >= 0.3 is 6.03 Å². The van der Waals surface area contributed by atoms with E-state index in [1.54, 1.807) is 0 Å². The van der Waals surface area contributed by atoms with Crippen LogP contribution in [0.25, 0.3) is 0 Å². The minimum atomic E-state index is -0.0146. The van der Waals surface area contributed by atoms with Crippen molar-refractivity contribution in [3.63, 3.8) is 0 Å². The van der Waals surface area contributed by atoms with Crippen LogP contribution in [0.15, 0.2) is 0 Å². The molecule has 1 aliphatic heterocycles. The lowest BCUT2D eigenvalue weighted by atomic mass is 9.99. The zero-order chi connectivity index (χ0) is 12.3. The Morgan fingerprint density at radius 2 is 2.12 bits per heavy atom. The highest BCUT2D eigenvalue weighted by Crippen LogP contribution is 2.33. The number of thioether (sulfide) groups is 1. The number of carbonyl (C=O) groups excluding carboxylic acids is 1. The summed E-state index contributed by atoms with van der Waals surface area (Å²) in [6.07, 6.45) is 5.28. The Balaban J connectivity index is 1.73. The molecule has 2 amide bonds. The van der Waals surface area contributed by atoms with Crippen LogP contribution in [-0.2, 0) is 4.74 Å². The van der Waals surface area contributed by atoms with Gasteiger partial charge in [0.15, 0.2) is 0 Å². The van der Waals surface area contributed by atoms with E-state index in [0.29, 0.717) is 12.0 Å². The first-order chi connectivity index (χ1) is 8.15. The highest BCUT2D eigenvalue weighted by Gasteiger charge is 2.35. The first-order valence-corrected chi connectivity index (χ1v) is 7.55. The SMILES string of the molecule is CSC1(CNC(=O)N[C@@H]2C[C@@H]2C)CCOCC1. The van der Waals surface area contributed by atoms with E-state index in [1.165, 1.54) is 0 Å². The van der Waals surface area contributed by atoms with Crippen molar-refractivity contribution in [2.24, 2.45) is 5.92 Å². The second-order valence-electron chi connectivity index (χ2n) is 5.15. The van der Waals surface area contributed by atoms with Crippen LogP contribution in [0, 0.1) is 5.92 Å². The molecule has 4 nitrogen and oxygen atoms in total. The largest absolute Gasteiger partial charge is 0.381 e. The Morgan fingerprint density at radius 3 is 2.65 bits per heavy atom. The fraction of sp³-hybridized carbons (Fsp3) is 0.917. The maximum absolute atomic E-state index is 11.7. The molecule has 5 heteroatoms. The number of carbonyl (C=O) groups is 1. The maximum Gasteiger partial charge on any atom is 0.315 e. The molecule has 2 aliphatic rings. The quantitative estimate of drug-likeness (QED) is 0.805. The number of amides is 2. The van der Waals surface area contributed by atoms with Gasteiger partial charge in [-0.05, 0) is 31.4 Å². The molecule has 1 saturated carbocycles. The van der Waals surface area contributed by atoms with E-state index in [-0.39, 0.29) is 10.8 Å². The van der Waals surface area contributed by atoms with Gasteiger partial charge in [-0.1, -0.05) is 6.92 Å². The van der Waals surface area contributed by atoms with Gasteiger partial charge in [0, 0.05) is 30.5 Å². The van der Waals surface area contributed by atoms with Crippen molar-refractivity contribution in [2.45, 2.75) is 37.0 Å². The van der Waals surface area contributed by atoms with Gasteiger partial charge in [-0.2, -0.15) is 11.8 Å². The predicted molar refractivity (Wildman–Crippen MR) is 70.4 cm³/mol. The summed E-state index contributed by atoms with van der Waals surface area (Å²) in [5, 5.41) is 6.00. The van der Waals surface area contributed by atoms with Crippen molar-refractivity contribution in [1.29, 1.82) is 0 Å². The molecule has 1 saturated heterocycles. The normalized spacial score (nSPS) is 30.7. The topological polar surface area (TPSA) is 50.4 Å². The van der Waals surface area contributed by atoms with Crippen LogP contribution in [0.5, 0.6) is 0 Å². The molecule has 1 heterocycles. The van der Waals surface area contributed by atoms with Crippen molar-refractivity contribution < 1.29 is 9.53 Å². The molecule has 2 rings (SSSR count). The summed E-state index contributed by atoms with van der Waals surface area (Å²) < 4.78 is 5.55. The number of ether oxygens (including phenoxy) is 1. The van der Waals surface area contributed by atoms with Gasteiger partial charge in [0.1, 0.15) is 0 Å². The lowest BCUT2D eigenvalue weighted by Crippen LogP contribution is -2.47. The highest BCUT2D eigenvalue weighted by molar-refractivity contribution is 8.00. The molecular formula is C12H22N2O2S. The van der Waals surface area contributed by atoms with Crippen molar-refractivity contribution in [3.8, 4) is 0 Å². The summed E-state index contributed by atoms with van der Waals surface area (Å²) in [5.41, 5.74) is 0. The summed E-state index contributed by atoms with van der Waals surface area (Å²) in [7, 11) is 0. The Kier molecular flexibility index (Phi) is 4.20.